The van der Waals surface area contributed by atoms with E-state index in [4.69, 9.17) is 4.74 Å². The standard InChI is InChI=1S/C31H34N4O2/c1-34(2)24-11-7-21(8-12-24)23-19-28-30(29(36)20-23)31(33-27-6-4-3-5-26(27)32-28)22-9-13-25(14-10-22)35-15-17-37-18-16-35/h3-14,23,31-33H,15-20H2,1-2H3. The van der Waals surface area contributed by atoms with Crippen molar-refractivity contribution >= 4 is 28.5 Å². The van der Waals surface area contributed by atoms with Gasteiger partial charge in [-0.2, -0.15) is 0 Å². The zero-order chi connectivity index (χ0) is 25.4. The normalized spacial score (nSPS) is 21.4. The summed E-state index contributed by atoms with van der Waals surface area (Å²) in [5.41, 5.74) is 8.59. The summed E-state index contributed by atoms with van der Waals surface area (Å²) >= 11 is 0. The molecule has 0 amide bonds. The Hall–Kier alpha value is -3.77. The van der Waals surface area contributed by atoms with E-state index in [1.165, 1.54) is 11.3 Å². The molecule has 1 aliphatic carbocycles. The molecular formula is C31H34N4O2. The van der Waals surface area contributed by atoms with Crippen LogP contribution in [0.2, 0.25) is 0 Å². The van der Waals surface area contributed by atoms with Crippen LogP contribution in [0.3, 0.4) is 0 Å². The van der Waals surface area contributed by atoms with Gasteiger partial charge in [-0.05, 0) is 59.9 Å². The van der Waals surface area contributed by atoms with Crippen LogP contribution in [0.5, 0.6) is 0 Å². The van der Waals surface area contributed by atoms with E-state index in [0.29, 0.717) is 6.42 Å². The molecule has 2 heterocycles. The monoisotopic (exact) mass is 494 g/mol. The Bertz CT molecular complexity index is 1310. The van der Waals surface area contributed by atoms with Gasteiger partial charge in [-0.3, -0.25) is 4.79 Å². The summed E-state index contributed by atoms with van der Waals surface area (Å²) in [6, 6.07) is 25.3. The van der Waals surface area contributed by atoms with Crippen molar-refractivity contribution < 1.29 is 9.53 Å². The molecule has 0 bridgehead atoms. The SMILES string of the molecule is CN(C)c1ccc(C2CC(=O)C3=C(C2)Nc2ccccc2NC3c2ccc(N3CCOCC3)cc2)cc1. The van der Waals surface area contributed by atoms with E-state index in [0.717, 1.165) is 66.6 Å². The van der Waals surface area contributed by atoms with Gasteiger partial charge in [0.05, 0.1) is 30.6 Å². The van der Waals surface area contributed by atoms with E-state index in [2.05, 4.69) is 81.1 Å². The summed E-state index contributed by atoms with van der Waals surface area (Å²) < 4.78 is 5.51. The number of ether oxygens (including phenoxy) is 1. The number of anilines is 4. The highest BCUT2D eigenvalue weighted by Gasteiger charge is 2.36. The molecule has 3 aliphatic rings. The van der Waals surface area contributed by atoms with E-state index in [1.807, 2.05) is 26.2 Å². The van der Waals surface area contributed by atoms with Crippen LogP contribution < -0.4 is 20.4 Å². The lowest BCUT2D eigenvalue weighted by Gasteiger charge is -2.31. The zero-order valence-electron chi connectivity index (χ0n) is 21.5. The second kappa shape index (κ2) is 9.94. The molecule has 37 heavy (non-hydrogen) atoms. The fourth-order valence-electron chi connectivity index (χ4n) is 5.72. The molecule has 3 aromatic rings. The van der Waals surface area contributed by atoms with E-state index >= 15 is 0 Å². The van der Waals surface area contributed by atoms with Gasteiger partial charge in [0.2, 0.25) is 0 Å². The first-order valence-electron chi connectivity index (χ1n) is 13.2. The average molecular weight is 495 g/mol. The van der Waals surface area contributed by atoms with E-state index in [-0.39, 0.29) is 17.7 Å². The third kappa shape index (κ3) is 4.69. The largest absolute Gasteiger partial charge is 0.378 e. The van der Waals surface area contributed by atoms with E-state index in [9.17, 15) is 4.79 Å². The third-order valence-corrected chi connectivity index (χ3v) is 7.79. The second-order valence-electron chi connectivity index (χ2n) is 10.3. The number of nitrogens with zero attached hydrogens (tertiary/aromatic N) is 2. The van der Waals surface area contributed by atoms with Crippen LogP contribution in [0.25, 0.3) is 0 Å². The van der Waals surface area contributed by atoms with Crippen LogP contribution in [0.1, 0.15) is 35.9 Å². The number of allylic oxidation sites excluding steroid dienone is 1. The van der Waals surface area contributed by atoms with Crippen LogP contribution in [0, 0.1) is 0 Å². The van der Waals surface area contributed by atoms with Gasteiger partial charge in [0.15, 0.2) is 5.78 Å². The zero-order valence-corrected chi connectivity index (χ0v) is 21.5. The second-order valence-corrected chi connectivity index (χ2v) is 10.3. The molecule has 2 N–H and O–H groups in total. The fourth-order valence-corrected chi connectivity index (χ4v) is 5.72. The maximum Gasteiger partial charge on any atom is 0.163 e. The Morgan fingerprint density at radius 1 is 0.838 bits per heavy atom. The summed E-state index contributed by atoms with van der Waals surface area (Å²) in [5.74, 6) is 0.363. The first kappa shape index (κ1) is 23.6. The summed E-state index contributed by atoms with van der Waals surface area (Å²) in [6.07, 6.45) is 1.32. The number of carbonyl (C=O) groups excluding carboxylic acids is 1. The van der Waals surface area contributed by atoms with Crippen molar-refractivity contribution in [3.63, 3.8) is 0 Å². The molecule has 2 atom stereocenters. The van der Waals surface area contributed by atoms with Crippen molar-refractivity contribution in [2.75, 3.05) is 60.8 Å². The maximum absolute atomic E-state index is 13.8. The number of carbonyl (C=O) groups is 1. The Morgan fingerprint density at radius 2 is 1.51 bits per heavy atom. The van der Waals surface area contributed by atoms with Crippen molar-refractivity contribution in [2.45, 2.75) is 24.8 Å². The topological polar surface area (TPSA) is 56.8 Å². The van der Waals surface area contributed by atoms with Crippen LogP contribution in [0.15, 0.2) is 84.1 Å². The average Bonchev–Trinajstić information content (AvgIpc) is 3.11. The molecule has 1 fully saturated rings. The lowest BCUT2D eigenvalue weighted by atomic mass is 9.78. The molecule has 0 spiro atoms. The Morgan fingerprint density at radius 3 is 2.22 bits per heavy atom. The van der Waals surface area contributed by atoms with E-state index < -0.39 is 0 Å². The predicted molar refractivity (Wildman–Crippen MR) is 151 cm³/mol. The molecule has 2 unspecified atom stereocenters. The van der Waals surface area contributed by atoms with Gasteiger partial charge in [0, 0.05) is 56.3 Å². The number of ketones is 1. The number of nitrogens with one attached hydrogen (secondary N) is 2. The molecule has 6 heteroatoms. The number of benzene rings is 3. The van der Waals surface area contributed by atoms with Gasteiger partial charge < -0.3 is 25.2 Å². The number of fused-ring (bicyclic) bond motifs is 1. The summed E-state index contributed by atoms with van der Waals surface area (Å²) in [6.45, 7) is 3.34. The first-order chi connectivity index (χ1) is 18.1. The summed E-state index contributed by atoms with van der Waals surface area (Å²) in [7, 11) is 4.09. The lowest BCUT2D eigenvalue weighted by molar-refractivity contribution is -0.116. The predicted octanol–water partition coefficient (Wildman–Crippen LogP) is 5.57. The highest BCUT2D eigenvalue weighted by Crippen LogP contribution is 2.44. The van der Waals surface area contributed by atoms with Gasteiger partial charge in [0.1, 0.15) is 0 Å². The van der Waals surface area contributed by atoms with Crippen molar-refractivity contribution in [3.05, 3.63) is 95.2 Å². The number of morpholine rings is 1. The Kier molecular flexibility index (Phi) is 6.35. The van der Waals surface area contributed by atoms with Crippen LogP contribution in [-0.4, -0.2) is 46.2 Å². The van der Waals surface area contributed by atoms with Gasteiger partial charge in [0.25, 0.3) is 0 Å². The number of hydrogen-bond acceptors (Lipinski definition) is 6. The molecule has 0 aromatic heterocycles. The number of Topliss-reactive ketones (excluding diaryl/α,β-unsaturated/α-hetero) is 1. The number of rotatable bonds is 4. The fraction of sp³-hybridized carbons (Fsp3) is 0.323. The molecule has 190 valence electrons. The van der Waals surface area contributed by atoms with Crippen molar-refractivity contribution in [1.29, 1.82) is 0 Å². The molecule has 2 aliphatic heterocycles. The van der Waals surface area contributed by atoms with E-state index in [1.54, 1.807) is 0 Å². The summed E-state index contributed by atoms with van der Waals surface area (Å²) in [5, 5.41) is 7.35. The van der Waals surface area contributed by atoms with Gasteiger partial charge in [-0.1, -0.05) is 36.4 Å². The smallest absolute Gasteiger partial charge is 0.163 e. The van der Waals surface area contributed by atoms with Gasteiger partial charge >= 0.3 is 0 Å². The molecule has 1 saturated heterocycles. The molecule has 6 nitrogen and oxygen atoms in total. The molecule has 0 radical (unpaired) electrons. The van der Waals surface area contributed by atoms with Gasteiger partial charge in [-0.25, -0.2) is 0 Å². The Labute approximate surface area is 218 Å². The number of para-hydroxylation sites is 2. The highest BCUT2D eigenvalue weighted by molar-refractivity contribution is 6.01. The first-order valence-corrected chi connectivity index (χ1v) is 13.2. The van der Waals surface area contributed by atoms with Crippen molar-refractivity contribution in [2.24, 2.45) is 0 Å². The van der Waals surface area contributed by atoms with Crippen molar-refractivity contribution in [1.82, 2.24) is 0 Å². The minimum absolute atomic E-state index is 0.157. The molecule has 0 saturated carbocycles. The van der Waals surface area contributed by atoms with Crippen LogP contribution in [0.4, 0.5) is 22.7 Å². The number of hydrogen-bond donors (Lipinski definition) is 2. The lowest BCUT2D eigenvalue weighted by Crippen LogP contribution is -2.36. The third-order valence-electron chi connectivity index (χ3n) is 7.79. The van der Waals surface area contributed by atoms with Crippen LogP contribution >= 0.6 is 0 Å². The minimum Gasteiger partial charge on any atom is -0.378 e. The minimum atomic E-state index is -0.200. The summed E-state index contributed by atoms with van der Waals surface area (Å²) in [4.78, 5) is 18.3. The van der Waals surface area contributed by atoms with Crippen LogP contribution in [-0.2, 0) is 9.53 Å². The Balaban J connectivity index is 1.35. The van der Waals surface area contributed by atoms with Crippen molar-refractivity contribution in [3.8, 4) is 0 Å². The quantitative estimate of drug-likeness (QED) is 0.495. The van der Waals surface area contributed by atoms with Gasteiger partial charge in [-0.15, -0.1) is 0 Å². The maximum atomic E-state index is 13.8. The molecule has 3 aromatic carbocycles. The highest BCUT2D eigenvalue weighted by atomic mass is 16.5. The molecule has 6 rings (SSSR count). The molecular weight excluding hydrogens is 460 g/mol.